The van der Waals surface area contributed by atoms with Crippen LogP contribution in [0.3, 0.4) is 0 Å². The van der Waals surface area contributed by atoms with E-state index in [0.717, 1.165) is 41.0 Å². The van der Waals surface area contributed by atoms with E-state index in [2.05, 4.69) is 40.9 Å². The summed E-state index contributed by atoms with van der Waals surface area (Å²) in [7, 11) is 1.86. The van der Waals surface area contributed by atoms with Crippen molar-refractivity contribution in [1.82, 2.24) is 29.7 Å². The Morgan fingerprint density at radius 2 is 2.00 bits per heavy atom. The van der Waals surface area contributed by atoms with Crippen molar-refractivity contribution in [2.45, 2.75) is 39.2 Å². The number of aryl methyl sites for hydroxylation is 1. The minimum atomic E-state index is -0.137. The van der Waals surface area contributed by atoms with Crippen molar-refractivity contribution in [3.05, 3.63) is 34.0 Å². The third-order valence-corrected chi connectivity index (χ3v) is 5.83. The quantitative estimate of drug-likeness (QED) is 0.687. The molecule has 1 saturated heterocycles. The summed E-state index contributed by atoms with van der Waals surface area (Å²) >= 11 is 1.40. The molecule has 1 aliphatic rings. The average Bonchev–Trinajstić information content (AvgIpc) is 3.17. The van der Waals surface area contributed by atoms with Crippen molar-refractivity contribution in [2.75, 3.05) is 25.0 Å². The van der Waals surface area contributed by atoms with Gasteiger partial charge in [0.15, 0.2) is 11.5 Å². The summed E-state index contributed by atoms with van der Waals surface area (Å²) in [6.45, 7) is 9.67. The highest BCUT2D eigenvalue weighted by Gasteiger charge is 2.35. The van der Waals surface area contributed by atoms with E-state index in [1.165, 1.54) is 11.3 Å². The second-order valence-corrected chi connectivity index (χ2v) is 8.83. The molecule has 0 atom stereocenters. The number of carbonyl (C=O) groups excluding carboxylic acids is 1. The number of nitrogens with zero attached hydrogens (tertiary/aromatic N) is 7. The fourth-order valence-corrected chi connectivity index (χ4v) is 3.92. The van der Waals surface area contributed by atoms with E-state index in [-0.39, 0.29) is 17.4 Å². The fraction of sp³-hybridized carbons (Fsp3) is 0.500. The topological polar surface area (TPSA) is 79.5 Å². The summed E-state index contributed by atoms with van der Waals surface area (Å²) in [5, 5.41) is 13.2. The normalized spacial score (nSPS) is 15.2. The molecule has 3 aromatic heterocycles. The Kier molecular flexibility index (Phi) is 4.14. The maximum Gasteiger partial charge on any atom is 0.265 e. The van der Waals surface area contributed by atoms with Gasteiger partial charge in [-0.1, -0.05) is 20.8 Å². The maximum atomic E-state index is 12.6. The van der Waals surface area contributed by atoms with Gasteiger partial charge in [-0.2, -0.15) is 4.52 Å². The zero-order valence-corrected chi connectivity index (χ0v) is 17.0. The second kappa shape index (κ2) is 6.26. The number of aromatic nitrogens is 5. The average molecular weight is 385 g/mol. The van der Waals surface area contributed by atoms with Crippen LogP contribution in [0.1, 0.15) is 42.0 Å². The minimum absolute atomic E-state index is 0.0388. The van der Waals surface area contributed by atoms with Crippen molar-refractivity contribution in [3.8, 4) is 0 Å². The van der Waals surface area contributed by atoms with Gasteiger partial charge in [0.25, 0.3) is 5.91 Å². The highest BCUT2D eigenvalue weighted by Crippen LogP contribution is 2.26. The predicted molar refractivity (Wildman–Crippen MR) is 104 cm³/mol. The van der Waals surface area contributed by atoms with E-state index in [9.17, 15) is 4.79 Å². The van der Waals surface area contributed by atoms with Crippen LogP contribution in [0.5, 0.6) is 0 Å². The van der Waals surface area contributed by atoms with Crippen molar-refractivity contribution in [1.29, 1.82) is 0 Å². The summed E-state index contributed by atoms with van der Waals surface area (Å²) in [5.41, 5.74) is 3.12. The molecular formula is C18H23N7OS. The molecule has 0 saturated carbocycles. The molecule has 1 aliphatic heterocycles. The molecule has 4 heterocycles. The molecule has 0 unspecified atom stereocenters. The van der Waals surface area contributed by atoms with Crippen LogP contribution in [0.2, 0.25) is 0 Å². The van der Waals surface area contributed by atoms with Crippen LogP contribution in [0.25, 0.3) is 5.65 Å². The smallest absolute Gasteiger partial charge is 0.265 e. The summed E-state index contributed by atoms with van der Waals surface area (Å²) in [4.78, 5) is 21.5. The van der Waals surface area contributed by atoms with Gasteiger partial charge in [0.05, 0.1) is 17.2 Å². The van der Waals surface area contributed by atoms with Gasteiger partial charge >= 0.3 is 0 Å². The molecule has 0 bridgehead atoms. The van der Waals surface area contributed by atoms with E-state index in [4.69, 9.17) is 5.10 Å². The van der Waals surface area contributed by atoms with Crippen molar-refractivity contribution >= 4 is 28.7 Å². The lowest BCUT2D eigenvalue weighted by molar-refractivity contribution is 0.0709. The molecule has 1 amide bonds. The highest BCUT2D eigenvalue weighted by atomic mass is 32.1. The van der Waals surface area contributed by atoms with Crippen LogP contribution in [0.15, 0.2) is 17.6 Å². The van der Waals surface area contributed by atoms with Crippen molar-refractivity contribution in [2.24, 2.45) is 0 Å². The number of hydrogen-bond acceptors (Lipinski definition) is 7. The van der Waals surface area contributed by atoms with Crippen LogP contribution in [-0.2, 0) is 5.41 Å². The molecular weight excluding hydrogens is 362 g/mol. The SMILES string of the molecule is Cc1ncsc1C(=O)N(C)C1CN(c2ccc3nnc(C(C)(C)C)n3n2)C1. The van der Waals surface area contributed by atoms with E-state index in [1.807, 2.05) is 35.5 Å². The molecule has 0 spiro atoms. The van der Waals surface area contributed by atoms with Gasteiger partial charge in [0.2, 0.25) is 0 Å². The van der Waals surface area contributed by atoms with Gasteiger partial charge in [-0.15, -0.1) is 26.6 Å². The van der Waals surface area contributed by atoms with Crippen LogP contribution < -0.4 is 4.90 Å². The van der Waals surface area contributed by atoms with Crippen LogP contribution in [0, 0.1) is 6.92 Å². The largest absolute Gasteiger partial charge is 0.351 e. The Bertz CT molecular complexity index is 997. The van der Waals surface area contributed by atoms with Gasteiger partial charge in [0, 0.05) is 25.6 Å². The second-order valence-electron chi connectivity index (χ2n) is 7.98. The predicted octanol–water partition coefficient (Wildman–Crippen LogP) is 2.15. The molecule has 1 fully saturated rings. The number of fused-ring (bicyclic) bond motifs is 1. The Morgan fingerprint density at radius 1 is 1.26 bits per heavy atom. The monoisotopic (exact) mass is 385 g/mol. The Morgan fingerprint density at radius 3 is 2.63 bits per heavy atom. The molecule has 0 aromatic carbocycles. The van der Waals surface area contributed by atoms with Gasteiger partial charge in [-0.25, -0.2) is 4.98 Å². The highest BCUT2D eigenvalue weighted by molar-refractivity contribution is 7.11. The fourth-order valence-electron chi connectivity index (χ4n) is 3.14. The van der Waals surface area contributed by atoms with Gasteiger partial charge in [-0.05, 0) is 19.1 Å². The van der Waals surface area contributed by atoms with E-state index in [0.29, 0.717) is 0 Å². The lowest BCUT2D eigenvalue weighted by Gasteiger charge is -2.44. The Hall–Kier alpha value is -2.55. The third-order valence-electron chi connectivity index (χ3n) is 4.91. The first-order valence-corrected chi connectivity index (χ1v) is 9.79. The number of carbonyl (C=O) groups is 1. The number of hydrogen-bond donors (Lipinski definition) is 0. The molecule has 0 radical (unpaired) electrons. The van der Waals surface area contributed by atoms with E-state index >= 15 is 0 Å². The van der Waals surface area contributed by atoms with E-state index in [1.54, 1.807) is 5.51 Å². The number of amides is 1. The first-order valence-electron chi connectivity index (χ1n) is 8.91. The molecule has 3 aromatic rings. The summed E-state index contributed by atoms with van der Waals surface area (Å²) < 4.78 is 1.82. The summed E-state index contributed by atoms with van der Waals surface area (Å²) in [6, 6.07) is 4.06. The van der Waals surface area contributed by atoms with Gasteiger partial charge < -0.3 is 9.80 Å². The zero-order valence-electron chi connectivity index (χ0n) is 16.2. The van der Waals surface area contributed by atoms with Crippen LogP contribution >= 0.6 is 11.3 Å². The standard InChI is InChI=1S/C18H23N7OS/c1-11-15(27-10-19-11)16(26)23(5)12-8-24(9-12)14-7-6-13-20-21-17(18(2,3)4)25(13)22-14/h6-7,10,12H,8-9H2,1-5H3. The Balaban J connectivity index is 1.49. The van der Waals surface area contributed by atoms with Crippen LogP contribution in [0.4, 0.5) is 5.82 Å². The minimum Gasteiger partial charge on any atom is -0.351 e. The number of anilines is 1. The molecule has 4 rings (SSSR count). The van der Waals surface area contributed by atoms with Crippen LogP contribution in [-0.4, -0.2) is 61.8 Å². The summed E-state index contributed by atoms with van der Waals surface area (Å²) in [6.07, 6.45) is 0. The van der Waals surface area contributed by atoms with Crippen molar-refractivity contribution in [3.63, 3.8) is 0 Å². The van der Waals surface area contributed by atoms with Gasteiger partial charge in [0.1, 0.15) is 10.7 Å². The zero-order chi connectivity index (χ0) is 19.3. The first-order chi connectivity index (χ1) is 12.8. The molecule has 9 heteroatoms. The molecule has 142 valence electrons. The maximum absolute atomic E-state index is 12.6. The molecule has 8 nitrogen and oxygen atoms in total. The number of likely N-dealkylation sites (N-methyl/N-ethyl adjacent to an activating group) is 1. The molecule has 0 aliphatic carbocycles. The lowest BCUT2D eigenvalue weighted by Crippen LogP contribution is -2.60. The molecule has 27 heavy (non-hydrogen) atoms. The van der Waals surface area contributed by atoms with Gasteiger partial charge in [-0.3, -0.25) is 4.79 Å². The third kappa shape index (κ3) is 3.05. The Labute approximate surface area is 161 Å². The number of rotatable bonds is 3. The molecule has 0 N–H and O–H groups in total. The summed E-state index contributed by atoms with van der Waals surface area (Å²) in [5.74, 6) is 1.75. The van der Waals surface area contributed by atoms with Crippen molar-refractivity contribution < 1.29 is 4.79 Å². The number of thiazole rings is 1. The first kappa shape index (κ1) is 17.8. The lowest BCUT2D eigenvalue weighted by atomic mass is 9.96. The van der Waals surface area contributed by atoms with E-state index < -0.39 is 0 Å².